The first-order valence-electron chi connectivity index (χ1n) is 10.9. The van der Waals surface area contributed by atoms with E-state index in [4.69, 9.17) is 9.47 Å². The maximum absolute atomic E-state index is 12.5. The van der Waals surface area contributed by atoms with E-state index in [9.17, 15) is 4.79 Å². The molecule has 2 aromatic carbocycles. The molecule has 31 heavy (non-hydrogen) atoms. The third-order valence-corrected chi connectivity index (χ3v) is 5.57. The molecule has 1 saturated heterocycles. The maximum Gasteiger partial charge on any atom is 0.262 e. The van der Waals surface area contributed by atoms with Gasteiger partial charge in [-0.2, -0.15) is 0 Å². The number of carbonyl (C=O) groups excluding carboxylic acids is 1. The van der Waals surface area contributed by atoms with Crippen LogP contribution in [0, 0.1) is 6.92 Å². The van der Waals surface area contributed by atoms with E-state index in [2.05, 4.69) is 34.2 Å². The van der Waals surface area contributed by atoms with Gasteiger partial charge in [-0.05, 0) is 61.9 Å². The third kappa shape index (κ3) is 6.01. The number of ether oxygens (including phenoxy) is 2. The summed E-state index contributed by atoms with van der Waals surface area (Å²) in [5.41, 5.74) is 4.06. The summed E-state index contributed by atoms with van der Waals surface area (Å²) in [6, 6.07) is 11.8. The molecule has 0 spiro atoms. The predicted octanol–water partition coefficient (Wildman–Crippen LogP) is 4.20. The Morgan fingerprint density at radius 1 is 1.10 bits per heavy atom. The lowest BCUT2D eigenvalue weighted by atomic mass is 10.1. The summed E-state index contributed by atoms with van der Waals surface area (Å²) in [6.45, 7) is 11.4. The number of piperazine rings is 1. The van der Waals surface area contributed by atoms with Gasteiger partial charge in [0.2, 0.25) is 0 Å². The second-order valence-corrected chi connectivity index (χ2v) is 7.67. The highest BCUT2D eigenvalue weighted by molar-refractivity contribution is 5.93. The van der Waals surface area contributed by atoms with E-state index in [0.29, 0.717) is 11.5 Å². The number of nitrogens with one attached hydrogen (secondary N) is 1. The molecular formula is C25H33N3O3. The summed E-state index contributed by atoms with van der Waals surface area (Å²) < 4.78 is 11.1. The summed E-state index contributed by atoms with van der Waals surface area (Å²) in [4.78, 5) is 17.3. The van der Waals surface area contributed by atoms with Gasteiger partial charge in [-0.3, -0.25) is 4.79 Å². The van der Waals surface area contributed by atoms with Crippen molar-refractivity contribution in [2.75, 3.05) is 56.7 Å². The van der Waals surface area contributed by atoms with E-state index in [0.717, 1.165) is 49.5 Å². The average Bonchev–Trinajstić information content (AvgIpc) is 2.79. The Kier molecular flexibility index (Phi) is 7.95. The van der Waals surface area contributed by atoms with E-state index in [1.165, 1.54) is 5.69 Å². The number of nitrogens with zero attached hydrogens (tertiary/aromatic N) is 2. The van der Waals surface area contributed by atoms with Crippen molar-refractivity contribution in [3.05, 3.63) is 53.6 Å². The van der Waals surface area contributed by atoms with E-state index in [-0.39, 0.29) is 12.5 Å². The van der Waals surface area contributed by atoms with Crippen LogP contribution in [0.15, 0.2) is 42.5 Å². The Bertz CT molecular complexity index is 918. The number of aryl methyl sites for hydroxylation is 1. The third-order valence-electron chi connectivity index (χ3n) is 5.57. The fraction of sp³-hybridized carbons (Fsp3) is 0.400. The highest BCUT2D eigenvalue weighted by Gasteiger charge is 2.17. The molecule has 1 heterocycles. The Morgan fingerprint density at radius 3 is 2.52 bits per heavy atom. The molecule has 166 valence electrons. The van der Waals surface area contributed by atoms with E-state index >= 15 is 0 Å². The van der Waals surface area contributed by atoms with Gasteiger partial charge in [0.05, 0.1) is 7.11 Å². The molecule has 0 unspecified atom stereocenters. The number of amides is 1. The van der Waals surface area contributed by atoms with Gasteiger partial charge in [-0.1, -0.05) is 25.1 Å². The highest BCUT2D eigenvalue weighted by Crippen LogP contribution is 2.29. The van der Waals surface area contributed by atoms with Crippen molar-refractivity contribution in [3.63, 3.8) is 0 Å². The van der Waals surface area contributed by atoms with Crippen LogP contribution in [0.4, 0.5) is 11.4 Å². The minimum absolute atomic E-state index is 0.0838. The largest absolute Gasteiger partial charge is 0.493 e. The van der Waals surface area contributed by atoms with Crippen LogP contribution < -0.4 is 19.7 Å². The van der Waals surface area contributed by atoms with Crippen LogP contribution in [-0.4, -0.2) is 57.2 Å². The first-order valence-corrected chi connectivity index (χ1v) is 10.9. The number of carbonyl (C=O) groups is 1. The molecule has 0 aromatic heterocycles. The molecule has 1 fully saturated rings. The molecule has 3 rings (SSSR count). The standard InChI is InChI=1S/C25H33N3O3/c1-5-7-20-8-11-23(24(17-20)30-4)31-18-25(29)26-22-10-9-21(16-19(22)3)28-14-12-27(6-2)13-15-28/h5,7-11,16-17H,6,12-15,18H2,1-4H3,(H,26,29)/b7-5+. The Hall–Kier alpha value is -2.99. The van der Waals surface area contributed by atoms with Crippen molar-refractivity contribution in [1.29, 1.82) is 0 Å². The second-order valence-electron chi connectivity index (χ2n) is 7.67. The van der Waals surface area contributed by atoms with Gasteiger partial charge in [0.15, 0.2) is 18.1 Å². The SMILES string of the molecule is C/C=C/c1ccc(OCC(=O)Nc2ccc(N3CCN(CC)CC3)cc2C)c(OC)c1. The minimum Gasteiger partial charge on any atom is -0.493 e. The fourth-order valence-corrected chi connectivity index (χ4v) is 3.74. The summed E-state index contributed by atoms with van der Waals surface area (Å²) in [5.74, 6) is 0.947. The van der Waals surface area contributed by atoms with Crippen LogP contribution in [0.2, 0.25) is 0 Å². The Balaban J connectivity index is 1.57. The predicted molar refractivity (Wildman–Crippen MR) is 127 cm³/mol. The average molecular weight is 424 g/mol. The molecule has 0 radical (unpaired) electrons. The zero-order valence-corrected chi connectivity index (χ0v) is 19.0. The Labute approximate surface area is 185 Å². The number of hydrogen-bond acceptors (Lipinski definition) is 5. The van der Waals surface area contributed by atoms with Crippen LogP contribution in [0.25, 0.3) is 6.08 Å². The lowest BCUT2D eigenvalue weighted by Gasteiger charge is -2.35. The van der Waals surface area contributed by atoms with Crippen molar-refractivity contribution < 1.29 is 14.3 Å². The molecule has 0 saturated carbocycles. The maximum atomic E-state index is 12.5. The van der Waals surface area contributed by atoms with Crippen LogP contribution in [0.1, 0.15) is 25.0 Å². The van der Waals surface area contributed by atoms with Crippen LogP contribution >= 0.6 is 0 Å². The first-order chi connectivity index (χ1) is 15.0. The number of allylic oxidation sites excluding steroid dienone is 1. The van der Waals surface area contributed by atoms with E-state index in [1.54, 1.807) is 7.11 Å². The van der Waals surface area contributed by atoms with Crippen LogP contribution in [0.5, 0.6) is 11.5 Å². The summed E-state index contributed by atoms with van der Waals surface area (Å²) in [5, 5.41) is 2.95. The highest BCUT2D eigenvalue weighted by atomic mass is 16.5. The lowest BCUT2D eigenvalue weighted by Crippen LogP contribution is -2.46. The molecule has 1 N–H and O–H groups in total. The molecule has 6 nitrogen and oxygen atoms in total. The van der Waals surface area contributed by atoms with Crippen molar-refractivity contribution in [1.82, 2.24) is 4.90 Å². The molecule has 1 aliphatic rings. The Morgan fingerprint density at radius 2 is 1.87 bits per heavy atom. The molecular weight excluding hydrogens is 390 g/mol. The van der Waals surface area contributed by atoms with Crippen molar-refractivity contribution in [2.45, 2.75) is 20.8 Å². The number of anilines is 2. The number of hydrogen-bond donors (Lipinski definition) is 1. The molecule has 0 atom stereocenters. The normalized spacial score (nSPS) is 14.6. The molecule has 6 heteroatoms. The monoisotopic (exact) mass is 423 g/mol. The van der Waals surface area contributed by atoms with E-state index < -0.39 is 0 Å². The van der Waals surface area contributed by atoms with Crippen molar-refractivity contribution in [3.8, 4) is 11.5 Å². The van der Waals surface area contributed by atoms with Gasteiger partial charge in [0.25, 0.3) is 5.91 Å². The summed E-state index contributed by atoms with van der Waals surface area (Å²) in [6.07, 6.45) is 3.94. The van der Waals surface area contributed by atoms with Crippen LogP contribution in [0.3, 0.4) is 0 Å². The van der Waals surface area contributed by atoms with Gasteiger partial charge in [0, 0.05) is 37.6 Å². The zero-order valence-electron chi connectivity index (χ0n) is 19.0. The van der Waals surface area contributed by atoms with Crippen molar-refractivity contribution >= 4 is 23.4 Å². The molecule has 1 aliphatic heterocycles. The lowest BCUT2D eigenvalue weighted by molar-refractivity contribution is -0.118. The fourth-order valence-electron chi connectivity index (χ4n) is 3.74. The summed E-state index contributed by atoms with van der Waals surface area (Å²) >= 11 is 0. The number of benzene rings is 2. The molecule has 2 aromatic rings. The first kappa shape index (κ1) is 22.7. The van der Waals surface area contributed by atoms with Crippen molar-refractivity contribution in [2.24, 2.45) is 0 Å². The smallest absolute Gasteiger partial charge is 0.262 e. The molecule has 1 amide bonds. The van der Waals surface area contributed by atoms with Gasteiger partial charge in [-0.15, -0.1) is 0 Å². The van der Waals surface area contributed by atoms with Gasteiger partial charge < -0.3 is 24.6 Å². The minimum atomic E-state index is -0.202. The summed E-state index contributed by atoms with van der Waals surface area (Å²) in [7, 11) is 1.59. The van der Waals surface area contributed by atoms with Gasteiger partial charge >= 0.3 is 0 Å². The quantitative estimate of drug-likeness (QED) is 0.690. The van der Waals surface area contributed by atoms with E-state index in [1.807, 2.05) is 50.3 Å². The second kappa shape index (κ2) is 10.9. The number of rotatable bonds is 8. The molecule has 0 bridgehead atoms. The van der Waals surface area contributed by atoms with Gasteiger partial charge in [0.1, 0.15) is 0 Å². The van der Waals surface area contributed by atoms with Crippen LogP contribution in [-0.2, 0) is 4.79 Å². The number of likely N-dealkylation sites (N-methyl/N-ethyl adjacent to an activating group) is 1. The topological polar surface area (TPSA) is 54.0 Å². The zero-order chi connectivity index (χ0) is 22.2. The van der Waals surface area contributed by atoms with Gasteiger partial charge in [-0.25, -0.2) is 0 Å². The molecule has 0 aliphatic carbocycles. The number of methoxy groups -OCH3 is 1.